The van der Waals surface area contributed by atoms with Crippen molar-refractivity contribution in [1.82, 2.24) is 4.90 Å². The molecule has 7 heteroatoms. The van der Waals surface area contributed by atoms with Crippen LogP contribution in [0.2, 0.25) is 0 Å². The molecule has 0 radical (unpaired) electrons. The maximum atomic E-state index is 11.7. The zero-order valence-corrected chi connectivity index (χ0v) is 14.4. The number of benzene rings is 1. The predicted molar refractivity (Wildman–Crippen MR) is 93.9 cm³/mol. The first-order valence-corrected chi connectivity index (χ1v) is 7.14. The van der Waals surface area contributed by atoms with Gasteiger partial charge in [0.25, 0.3) is 0 Å². The van der Waals surface area contributed by atoms with Crippen LogP contribution in [0.15, 0.2) is 24.3 Å². The normalized spacial score (nSPS) is 16.1. The summed E-state index contributed by atoms with van der Waals surface area (Å²) in [6, 6.07) is 7.50. The van der Waals surface area contributed by atoms with E-state index in [1.807, 2.05) is 31.2 Å². The Morgan fingerprint density at radius 1 is 1.27 bits per heavy atom. The van der Waals surface area contributed by atoms with Crippen molar-refractivity contribution in [1.29, 1.82) is 0 Å². The summed E-state index contributed by atoms with van der Waals surface area (Å²) in [6.07, 6.45) is 0.640. The van der Waals surface area contributed by atoms with Crippen molar-refractivity contribution in [3.8, 4) is 0 Å². The molecule has 2 rings (SSSR count). The van der Waals surface area contributed by atoms with Gasteiger partial charge in [-0.3, -0.25) is 9.69 Å². The van der Waals surface area contributed by atoms with Crippen molar-refractivity contribution in [2.45, 2.75) is 25.9 Å². The van der Waals surface area contributed by atoms with Crippen LogP contribution < -0.4 is 11.1 Å². The summed E-state index contributed by atoms with van der Waals surface area (Å²) in [6.45, 7) is 6.39. The highest BCUT2D eigenvalue weighted by Gasteiger charge is 2.12. The van der Waals surface area contributed by atoms with Gasteiger partial charge < -0.3 is 15.8 Å². The molecule has 0 saturated carbocycles. The second-order valence-corrected chi connectivity index (χ2v) is 5.09. The Morgan fingerprint density at radius 3 is 2.41 bits per heavy atom. The second kappa shape index (κ2) is 10.8. The van der Waals surface area contributed by atoms with Crippen LogP contribution in [0.25, 0.3) is 0 Å². The van der Waals surface area contributed by atoms with Crippen LogP contribution >= 0.6 is 24.8 Å². The van der Waals surface area contributed by atoms with E-state index in [4.69, 9.17) is 10.5 Å². The molecule has 1 heterocycles. The van der Waals surface area contributed by atoms with Gasteiger partial charge in [-0.15, -0.1) is 24.8 Å². The lowest BCUT2D eigenvalue weighted by atomic mass is 10.1. The minimum Gasteiger partial charge on any atom is -0.379 e. The SMILES string of the molecule is CC[C@H](N)C(=O)Nc1ccc(CN2CCOCC2)cc1.Cl.Cl. The summed E-state index contributed by atoms with van der Waals surface area (Å²) >= 11 is 0. The van der Waals surface area contributed by atoms with Crippen LogP contribution in [0, 0.1) is 0 Å². The zero-order valence-electron chi connectivity index (χ0n) is 12.8. The number of carbonyl (C=O) groups excluding carboxylic acids is 1. The molecular formula is C15H25Cl2N3O2. The maximum Gasteiger partial charge on any atom is 0.241 e. The number of nitrogens with zero attached hydrogens (tertiary/aromatic N) is 1. The van der Waals surface area contributed by atoms with Crippen LogP contribution in [0.4, 0.5) is 5.69 Å². The maximum absolute atomic E-state index is 11.7. The van der Waals surface area contributed by atoms with E-state index in [1.165, 1.54) is 5.56 Å². The molecule has 1 amide bonds. The number of amides is 1. The number of nitrogens with one attached hydrogen (secondary N) is 1. The number of hydrogen-bond donors (Lipinski definition) is 2. The molecule has 1 aromatic carbocycles. The first kappa shape index (κ1) is 21.1. The molecule has 1 fully saturated rings. The summed E-state index contributed by atoms with van der Waals surface area (Å²) in [5.41, 5.74) is 7.72. The summed E-state index contributed by atoms with van der Waals surface area (Å²) < 4.78 is 5.33. The molecule has 1 atom stereocenters. The van der Waals surface area contributed by atoms with Gasteiger partial charge in [0.15, 0.2) is 0 Å². The van der Waals surface area contributed by atoms with Crippen molar-refractivity contribution in [3.63, 3.8) is 0 Å². The lowest BCUT2D eigenvalue weighted by Gasteiger charge is -2.26. The minimum atomic E-state index is -0.442. The molecule has 5 nitrogen and oxygen atoms in total. The molecule has 3 N–H and O–H groups in total. The van der Waals surface area contributed by atoms with E-state index >= 15 is 0 Å². The second-order valence-electron chi connectivity index (χ2n) is 5.09. The molecule has 126 valence electrons. The number of hydrogen-bond acceptors (Lipinski definition) is 4. The van der Waals surface area contributed by atoms with Gasteiger partial charge >= 0.3 is 0 Å². The van der Waals surface area contributed by atoms with Crippen LogP contribution in [0.3, 0.4) is 0 Å². The quantitative estimate of drug-likeness (QED) is 0.853. The van der Waals surface area contributed by atoms with E-state index < -0.39 is 6.04 Å². The first-order chi connectivity index (χ1) is 9.69. The number of rotatable bonds is 5. The largest absolute Gasteiger partial charge is 0.379 e. The van der Waals surface area contributed by atoms with Gasteiger partial charge in [0.1, 0.15) is 0 Å². The average Bonchev–Trinajstić information content (AvgIpc) is 2.49. The first-order valence-electron chi connectivity index (χ1n) is 7.14. The van der Waals surface area contributed by atoms with Crippen LogP contribution in [-0.2, 0) is 16.1 Å². The van der Waals surface area contributed by atoms with Gasteiger partial charge in [0, 0.05) is 25.3 Å². The fourth-order valence-corrected chi connectivity index (χ4v) is 2.13. The Labute approximate surface area is 144 Å². The Kier molecular flexibility index (Phi) is 10.4. The lowest BCUT2D eigenvalue weighted by Crippen LogP contribution is -2.35. The molecule has 0 unspecified atom stereocenters. The molecule has 0 aliphatic carbocycles. The molecular weight excluding hydrogens is 325 g/mol. The smallest absolute Gasteiger partial charge is 0.241 e. The fraction of sp³-hybridized carbons (Fsp3) is 0.533. The third-order valence-electron chi connectivity index (χ3n) is 3.51. The predicted octanol–water partition coefficient (Wildman–Crippen LogP) is 2.04. The Bertz CT molecular complexity index is 437. The van der Waals surface area contributed by atoms with E-state index in [-0.39, 0.29) is 30.7 Å². The van der Waals surface area contributed by atoms with E-state index in [1.54, 1.807) is 0 Å². The topological polar surface area (TPSA) is 67.6 Å². The van der Waals surface area contributed by atoms with E-state index in [0.717, 1.165) is 38.5 Å². The van der Waals surface area contributed by atoms with E-state index in [0.29, 0.717) is 6.42 Å². The Morgan fingerprint density at radius 2 is 1.86 bits per heavy atom. The minimum absolute atomic E-state index is 0. The lowest BCUT2D eigenvalue weighted by molar-refractivity contribution is -0.117. The number of morpholine rings is 1. The van der Waals surface area contributed by atoms with Gasteiger partial charge in [-0.2, -0.15) is 0 Å². The van der Waals surface area contributed by atoms with Crippen molar-refractivity contribution in [2.75, 3.05) is 31.6 Å². The van der Waals surface area contributed by atoms with Gasteiger partial charge in [-0.1, -0.05) is 19.1 Å². The molecule has 22 heavy (non-hydrogen) atoms. The highest BCUT2D eigenvalue weighted by Crippen LogP contribution is 2.12. The molecule has 1 saturated heterocycles. The average molecular weight is 350 g/mol. The highest BCUT2D eigenvalue weighted by atomic mass is 35.5. The highest BCUT2D eigenvalue weighted by molar-refractivity contribution is 5.94. The molecule has 0 aromatic heterocycles. The third-order valence-corrected chi connectivity index (χ3v) is 3.51. The van der Waals surface area contributed by atoms with Gasteiger partial charge in [0.2, 0.25) is 5.91 Å². The molecule has 1 aliphatic heterocycles. The Balaban J connectivity index is 0.00000220. The third kappa shape index (κ3) is 6.50. The fourth-order valence-electron chi connectivity index (χ4n) is 2.13. The number of carbonyl (C=O) groups is 1. The monoisotopic (exact) mass is 349 g/mol. The Hall–Kier alpha value is -0.850. The van der Waals surface area contributed by atoms with Gasteiger partial charge in [0.05, 0.1) is 19.3 Å². The summed E-state index contributed by atoms with van der Waals surface area (Å²) in [5.74, 6) is -0.131. The summed E-state index contributed by atoms with van der Waals surface area (Å²) in [5, 5.41) is 2.83. The number of nitrogens with two attached hydrogens (primary N) is 1. The van der Waals surface area contributed by atoms with Crippen LogP contribution in [-0.4, -0.2) is 43.2 Å². The van der Waals surface area contributed by atoms with Gasteiger partial charge in [-0.05, 0) is 24.1 Å². The van der Waals surface area contributed by atoms with Crippen LogP contribution in [0.5, 0.6) is 0 Å². The molecule has 0 bridgehead atoms. The number of anilines is 1. The number of ether oxygens (including phenoxy) is 1. The van der Waals surface area contributed by atoms with Crippen molar-refractivity contribution in [3.05, 3.63) is 29.8 Å². The molecule has 0 spiro atoms. The van der Waals surface area contributed by atoms with Crippen LogP contribution in [0.1, 0.15) is 18.9 Å². The molecule has 1 aliphatic rings. The number of halogens is 2. The van der Waals surface area contributed by atoms with E-state index in [9.17, 15) is 4.79 Å². The standard InChI is InChI=1S/C15H23N3O2.2ClH/c1-2-14(16)15(19)17-13-5-3-12(4-6-13)11-18-7-9-20-10-8-18;;/h3-6,14H,2,7-11,16H2,1H3,(H,17,19);2*1H/t14-;;/m0../s1. The van der Waals surface area contributed by atoms with Crippen molar-refractivity contribution >= 4 is 36.4 Å². The van der Waals surface area contributed by atoms with E-state index in [2.05, 4.69) is 10.2 Å². The summed E-state index contributed by atoms with van der Waals surface area (Å²) in [7, 11) is 0. The molecule has 1 aromatic rings. The van der Waals surface area contributed by atoms with Crippen molar-refractivity contribution in [2.24, 2.45) is 5.73 Å². The summed E-state index contributed by atoms with van der Waals surface area (Å²) in [4.78, 5) is 14.1. The zero-order chi connectivity index (χ0) is 14.4. The van der Waals surface area contributed by atoms with Gasteiger partial charge in [-0.25, -0.2) is 0 Å². The van der Waals surface area contributed by atoms with Crippen molar-refractivity contribution < 1.29 is 9.53 Å².